The molecule has 0 radical (unpaired) electrons. The van der Waals surface area contributed by atoms with E-state index in [0.29, 0.717) is 17.9 Å². The van der Waals surface area contributed by atoms with E-state index in [-0.39, 0.29) is 5.78 Å². The first kappa shape index (κ1) is 15.5. The lowest BCUT2D eigenvalue weighted by atomic mass is 9.98. The second-order valence-corrected chi connectivity index (χ2v) is 5.96. The maximum atomic E-state index is 12.3. The van der Waals surface area contributed by atoms with Gasteiger partial charge >= 0.3 is 0 Å². The number of halogens is 1. The molecule has 0 saturated heterocycles. The van der Waals surface area contributed by atoms with Crippen molar-refractivity contribution in [1.82, 2.24) is 0 Å². The zero-order valence-corrected chi connectivity index (χ0v) is 13.5. The van der Waals surface area contributed by atoms with Crippen LogP contribution in [-0.2, 0) is 17.6 Å². The van der Waals surface area contributed by atoms with E-state index >= 15 is 0 Å². The van der Waals surface area contributed by atoms with Crippen molar-refractivity contribution in [2.45, 2.75) is 12.8 Å². The topological polar surface area (TPSA) is 17.1 Å². The van der Waals surface area contributed by atoms with Gasteiger partial charge in [-0.15, -0.1) is 0 Å². The zero-order chi connectivity index (χ0) is 16.1. The standard InChI is InChI=1S/C21H17ClO/c22-21-12-5-4-10-19(21)15-20(23)14-16-7-6-11-18(13-16)17-8-2-1-3-9-17/h1-13H,14-15H2. The summed E-state index contributed by atoms with van der Waals surface area (Å²) in [5.74, 6) is 0.170. The van der Waals surface area contributed by atoms with E-state index in [2.05, 4.69) is 24.3 Å². The van der Waals surface area contributed by atoms with Crippen LogP contribution in [0.1, 0.15) is 11.1 Å². The molecule has 2 heteroatoms. The van der Waals surface area contributed by atoms with Crippen molar-refractivity contribution < 1.29 is 4.79 Å². The highest BCUT2D eigenvalue weighted by molar-refractivity contribution is 6.31. The predicted molar refractivity (Wildman–Crippen MR) is 95.7 cm³/mol. The minimum atomic E-state index is 0.170. The fourth-order valence-corrected chi connectivity index (χ4v) is 2.84. The van der Waals surface area contributed by atoms with Gasteiger partial charge in [0, 0.05) is 17.9 Å². The molecule has 0 heterocycles. The van der Waals surface area contributed by atoms with Crippen molar-refractivity contribution in [3.8, 4) is 11.1 Å². The number of carbonyl (C=O) groups excluding carboxylic acids is 1. The molecule has 3 rings (SSSR count). The molecule has 0 saturated carbocycles. The van der Waals surface area contributed by atoms with Crippen molar-refractivity contribution in [2.24, 2.45) is 0 Å². The first-order chi connectivity index (χ1) is 11.2. The molecular weight excluding hydrogens is 304 g/mol. The second kappa shape index (κ2) is 7.26. The predicted octanol–water partition coefficient (Wildman–Crippen LogP) is 5.36. The van der Waals surface area contributed by atoms with Gasteiger partial charge in [-0.1, -0.05) is 84.4 Å². The lowest BCUT2D eigenvalue weighted by Crippen LogP contribution is -2.07. The van der Waals surface area contributed by atoms with Crippen LogP contribution in [0.4, 0.5) is 0 Å². The van der Waals surface area contributed by atoms with Crippen LogP contribution in [0, 0.1) is 0 Å². The average molecular weight is 321 g/mol. The van der Waals surface area contributed by atoms with Gasteiger partial charge in [-0.25, -0.2) is 0 Å². The van der Waals surface area contributed by atoms with Crippen LogP contribution in [0.5, 0.6) is 0 Å². The molecule has 0 bridgehead atoms. The molecule has 0 aromatic heterocycles. The Morgan fingerprint density at radius 3 is 2.22 bits per heavy atom. The van der Waals surface area contributed by atoms with E-state index in [1.807, 2.05) is 54.6 Å². The van der Waals surface area contributed by atoms with E-state index in [1.165, 1.54) is 0 Å². The van der Waals surface area contributed by atoms with E-state index in [1.54, 1.807) is 0 Å². The summed E-state index contributed by atoms with van der Waals surface area (Å²) >= 11 is 6.12. The third-order valence-electron chi connectivity index (χ3n) is 3.78. The molecule has 23 heavy (non-hydrogen) atoms. The molecule has 0 N–H and O–H groups in total. The van der Waals surface area contributed by atoms with Gasteiger partial charge in [0.15, 0.2) is 0 Å². The molecule has 3 aromatic rings. The van der Waals surface area contributed by atoms with Crippen LogP contribution in [0.25, 0.3) is 11.1 Å². The summed E-state index contributed by atoms with van der Waals surface area (Å²) in [6.07, 6.45) is 0.793. The molecule has 0 aliphatic heterocycles. The van der Waals surface area contributed by atoms with Gasteiger partial charge in [-0.3, -0.25) is 4.79 Å². The SMILES string of the molecule is O=C(Cc1cccc(-c2ccccc2)c1)Cc1ccccc1Cl. The van der Waals surface area contributed by atoms with Crippen LogP contribution in [-0.4, -0.2) is 5.78 Å². The van der Waals surface area contributed by atoms with E-state index in [9.17, 15) is 4.79 Å². The van der Waals surface area contributed by atoms with Crippen LogP contribution >= 0.6 is 11.6 Å². The van der Waals surface area contributed by atoms with Crippen LogP contribution in [0.2, 0.25) is 5.02 Å². The Morgan fingerprint density at radius 1 is 0.739 bits per heavy atom. The van der Waals surface area contributed by atoms with Crippen molar-refractivity contribution in [1.29, 1.82) is 0 Å². The number of hydrogen-bond acceptors (Lipinski definition) is 1. The highest BCUT2D eigenvalue weighted by Crippen LogP contribution is 2.21. The molecule has 0 atom stereocenters. The number of Topliss-reactive ketones (excluding diaryl/α,β-unsaturated/α-hetero) is 1. The molecule has 0 aliphatic rings. The molecular formula is C21H17ClO. The summed E-state index contributed by atoms with van der Waals surface area (Å²) in [6.45, 7) is 0. The third-order valence-corrected chi connectivity index (χ3v) is 4.15. The Balaban J connectivity index is 1.73. The van der Waals surface area contributed by atoms with Gasteiger partial charge in [0.2, 0.25) is 0 Å². The highest BCUT2D eigenvalue weighted by atomic mass is 35.5. The zero-order valence-electron chi connectivity index (χ0n) is 12.7. The number of hydrogen-bond donors (Lipinski definition) is 0. The Labute approximate surface area is 141 Å². The van der Waals surface area contributed by atoms with Crippen molar-refractivity contribution in [3.05, 3.63) is 95.0 Å². The summed E-state index contributed by atoms with van der Waals surface area (Å²) in [6, 6.07) is 25.8. The normalized spacial score (nSPS) is 10.5. The van der Waals surface area contributed by atoms with Gasteiger partial charge in [0.05, 0.1) is 0 Å². The molecule has 114 valence electrons. The largest absolute Gasteiger partial charge is 0.299 e. The Morgan fingerprint density at radius 2 is 1.43 bits per heavy atom. The Bertz CT molecular complexity index is 809. The summed E-state index contributed by atoms with van der Waals surface area (Å²) in [7, 11) is 0. The maximum absolute atomic E-state index is 12.3. The van der Waals surface area contributed by atoms with Crippen LogP contribution in [0.15, 0.2) is 78.9 Å². The lowest BCUT2D eigenvalue weighted by molar-refractivity contribution is -0.117. The van der Waals surface area contributed by atoms with Crippen molar-refractivity contribution >= 4 is 17.4 Å². The van der Waals surface area contributed by atoms with Crippen molar-refractivity contribution in [2.75, 3.05) is 0 Å². The molecule has 1 nitrogen and oxygen atoms in total. The Kier molecular flexibility index (Phi) is 4.89. The lowest BCUT2D eigenvalue weighted by Gasteiger charge is -2.06. The number of benzene rings is 3. The van der Waals surface area contributed by atoms with E-state index in [0.717, 1.165) is 22.3 Å². The number of ketones is 1. The minimum Gasteiger partial charge on any atom is -0.299 e. The summed E-state index contributed by atoms with van der Waals surface area (Å²) in [5.41, 5.74) is 4.21. The molecule has 0 amide bonds. The molecule has 3 aromatic carbocycles. The smallest absolute Gasteiger partial charge is 0.141 e. The first-order valence-corrected chi connectivity index (χ1v) is 7.99. The fraction of sp³-hybridized carbons (Fsp3) is 0.0952. The average Bonchev–Trinajstić information content (AvgIpc) is 2.58. The fourth-order valence-electron chi connectivity index (χ4n) is 2.64. The summed E-state index contributed by atoms with van der Waals surface area (Å²) < 4.78 is 0. The van der Waals surface area contributed by atoms with Gasteiger partial charge in [-0.05, 0) is 28.3 Å². The first-order valence-electron chi connectivity index (χ1n) is 7.62. The van der Waals surface area contributed by atoms with Crippen molar-refractivity contribution in [3.63, 3.8) is 0 Å². The van der Waals surface area contributed by atoms with Gasteiger partial charge in [0.1, 0.15) is 5.78 Å². The van der Waals surface area contributed by atoms with Gasteiger partial charge in [0.25, 0.3) is 0 Å². The number of carbonyl (C=O) groups is 1. The van der Waals surface area contributed by atoms with Crippen LogP contribution in [0.3, 0.4) is 0 Å². The van der Waals surface area contributed by atoms with E-state index in [4.69, 9.17) is 11.6 Å². The molecule has 0 spiro atoms. The molecule has 0 fully saturated rings. The van der Waals surface area contributed by atoms with Gasteiger partial charge < -0.3 is 0 Å². The molecule has 0 aliphatic carbocycles. The summed E-state index contributed by atoms with van der Waals surface area (Å²) in [4.78, 5) is 12.3. The Hall–Kier alpha value is -2.38. The summed E-state index contributed by atoms with van der Waals surface area (Å²) in [5, 5.41) is 0.652. The highest BCUT2D eigenvalue weighted by Gasteiger charge is 2.08. The number of rotatable bonds is 5. The maximum Gasteiger partial charge on any atom is 0.141 e. The minimum absolute atomic E-state index is 0.170. The quantitative estimate of drug-likeness (QED) is 0.618. The monoisotopic (exact) mass is 320 g/mol. The third kappa shape index (κ3) is 4.08. The second-order valence-electron chi connectivity index (χ2n) is 5.55. The van der Waals surface area contributed by atoms with Crippen LogP contribution < -0.4 is 0 Å². The van der Waals surface area contributed by atoms with Gasteiger partial charge in [-0.2, -0.15) is 0 Å². The molecule has 0 unspecified atom stereocenters. The van der Waals surface area contributed by atoms with E-state index < -0.39 is 0 Å².